The van der Waals surface area contributed by atoms with Crippen LogP contribution in [0.15, 0.2) is 0 Å². The maximum absolute atomic E-state index is 11.9. The van der Waals surface area contributed by atoms with Gasteiger partial charge in [0.25, 0.3) is 0 Å². The molecule has 0 aromatic rings. The average molecular weight is 243 g/mol. The highest BCUT2D eigenvalue weighted by Gasteiger charge is 2.28. The van der Waals surface area contributed by atoms with Gasteiger partial charge in [0, 0.05) is 12.6 Å². The number of hydrogen-bond donors (Lipinski definition) is 2. The maximum Gasteiger partial charge on any atom is 0.237 e. The molecule has 0 aliphatic rings. The summed E-state index contributed by atoms with van der Waals surface area (Å²) in [6.07, 6.45) is 0. The van der Waals surface area contributed by atoms with Gasteiger partial charge in [0.15, 0.2) is 0 Å². The number of nitrogens with zero attached hydrogens (tertiary/aromatic N) is 1. The molecule has 3 N–H and O–H groups in total. The molecule has 0 aliphatic carbocycles. The van der Waals surface area contributed by atoms with Crippen molar-refractivity contribution in [3.63, 3.8) is 0 Å². The number of rotatable bonds is 5. The second-order valence-electron chi connectivity index (χ2n) is 6.36. The number of carbonyl (C=O) groups is 1. The van der Waals surface area contributed by atoms with Gasteiger partial charge >= 0.3 is 0 Å². The lowest BCUT2D eigenvalue weighted by molar-refractivity contribution is -0.124. The van der Waals surface area contributed by atoms with E-state index in [2.05, 4.69) is 24.1 Å². The van der Waals surface area contributed by atoms with E-state index in [1.165, 1.54) is 0 Å². The minimum Gasteiger partial charge on any atom is -0.353 e. The van der Waals surface area contributed by atoms with Crippen LogP contribution in [0.5, 0.6) is 0 Å². The molecule has 0 radical (unpaired) electrons. The highest BCUT2D eigenvalue weighted by atomic mass is 16.2. The van der Waals surface area contributed by atoms with Crippen molar-refractivity contribution in [2.45, 2.75) is 46.7 Å². The summed E-state index contributed by atoms with van der Waals surface area (Å²) in [5.41, 5.74) is 5.71. The predicted molar refractivity (Wildman–Crippen MR) is 72.8 cm³/mol. The summed E-state index contributed by atoms with van der Waals surface area (Å²) >= 11 is 0. The summed E-state index contributed by atoms with van der Waals surface area (Å²) in [6, 6.07) is -0.122. The molecule has 0 fully saturated rings. The Hall–Kier alpha value is -0.610. The first kappa shape index (κ1) is 16.4. The molecule has 1 unspecified atom stereocenters. The van der Waals surface area contributed by atoms with Gasteiger partial charge < -0.3 is 16.0 Å². The second kappa shape index (κ2) is 6.36. The molecule has 0 aromatic carbocycles. The van der Waals surface area contributed by atoms with E-state index in [4.69, 9.17) is 5.73 Å². The van der Waals surface area contributed by atoms with E-state index in [1.54, 1.807) is 0 Å². The Kier molecular flexibility index (Phi) is 6.13. The average Bonchev–Trinajstić information content (AvgIpc) is 2.13. The SMILES string of the molecule is CC(C)C(CNC(=O)[C@@H](N)C(C)(C)C)N(C)C. The molecule has 102 valence electrons. The van der Waals surface area contributed by atoms with Gasteiger partial charge in [-0.05, 0) is 25.4 Å². The van der Waals surface area contributed by atoms with Crippen LogP contribution >= 0.6 is 0 Å². The van der Waals surface area contributed by atoms with E-state index in [9.17, 15) is 4.79 Å². The third kappa shape index (κ3) is 5.50. The molecule has 0 heterocycles. The lowest BCUT2D eigenvalue weighted by Crippen LogP contribution is -2.52. The first-order valence-corrected chi connectivity index (χ1v) is 6.27. The maximum atomic E-state index is 11.9. The van der Waals surface area contributed by atoms with Crippen LogP contribution in [0.3, 0.4) is 0 Å². The van der Waals surface area contributed by atoms with Crippen molar-refractivity contribution in [1.82, 2.24) is 10.2 Å². The first-order valence-electron chi connectivity index (χ1n) is 6.27. The Balaban J connectivity index is 4.32. The largest absolute Gasteiger partial charge is 0.353 e. The van der Waals surface area contributed by atoms with Crippen LogP contribution in [0.1, 0.15) is 34.6 Å². The molecule has 2 atom stereocenters. The fourth-order valence-electron chi connectivity index (χ4n) is 1.72. The molecular formula is C13H29N3O. The number of hydrogen-bond acceptors (Lipinski definition) is 3. The minimum absolute atomic E-state index is 0.0648. The van der Waals surface area contributed by atoms with Crippen LogP contribution in [0.25, 0.3) is 0 Å². The summed E-state index contributed by atoms with van der Waals surface area (Å²) in [4.78, 5) is 14.0. The second-order valence-corrected chi connectivity index (χ2v) is 6.36. The summed E-state index contributed by atoms with van der Waals surface area (Å²) in [7, 11) is 4.06. The zero-order valence-electron chi connectivity index (χ0n) is 12.4. The highest BCUT2D eigenvalue weighted by molar-refractivity contribution is 5.82. The van der Waals surface area contributed by atoms with Gasteiger partial charge in [0.05, 0.1) is 6.04 Å². The van der Waals surface area contributed by atoms with Crippen molar-refractivity contribution in [3.8, 4) is 0 Å². The fourth-order valence-corrected chi connectivity index (χ4v) is 1.72. The summed E-state index contributed by atoms with van der Waals surface area (Å²) in [5, 5.41) is 2.95. The Morgan fingerprint density at radius 1 is 1.29 bits per heavy atom. The zero-order chi connectivity index (χ0) is 13.8. The van der Waals surface area contributed by atoms with E-state index in [1.807, 2.05) is 34.9 Å². The molecule has 0 saturated carbocycles. The molecule has 17 heavy (non-hydrogen) atoms. The Labute approximate surface area is 106 Å². The summed E-state index contributed by atoms with van der Waals surface area (Å²) in [5.74, 6) is 0.432. The van der Waals surface area contributed by atoms with Gasteiger partial charge in [-0.15, -0.1) is 0 Å². The molecule has 0 aliphatic heterocycles. The van der Waals surface area contributed by atoms with Crippen LogP contribution in [-0.2, 0) is 4.79 Å². The Morgan fingerprint density at radius 2 is 1.76 bits per heavy atom. The molecular weight excluding hydrogens is 214 g/mol. The third-order valence-electron chi connectivity index (χ3n) is 3.13. The van der Waals surface area contributed by atoms with Gasteiger partial charge in [0.1, 0.15) is 0 Å². The Morgan fingerprint density at radius 3 is 2.06 bits per heavy atom. The van der Waals surface area contributed by atoms with Crippen molar-refractivity contribution in [3.05, 3.63) is 0 Å². The molecule has 4 nitrogen and oxygen atoms in total. The van der Waals surface area contributed by atoms with E-state index in [-0.39, 0.29) is 11.3 Å². The minimum atomic E-state index is -0.461. The van der Waals surface area contributed by atoms with E-state index >= 15 is 0 Å². The molecule has 0 aromatic heterocycles. The number of likely N-dealkylation sites (N-methyl/N-ethyl adjacent to an activating group) is 1. The molecule has 0 saturated heterocycles. The van der Waals surface area contributed by atoms with Gasteiger partial charge in [-0.1, -0.05) is 34.6 Å². The standard InChI is InChI=1S/C13H29N3O/c1-9(2)10(16(6)7)8-15-12(17)11(14)13(3,4)5/h9-11H,8,14H2,1-7H3,(H,15,17)/t10?,11-/m1/s1. The van der Waals surface area contributed by atoms with Crippen LogP contribution in [0, 0.1) is 11.3 Å². The number of nitrogens with one attached hydrogen (secondary N) is 1. The van der Waals surface area contributed by atoms with E-state index in [0.717, 1.165) is 0 Å². The lowest BCUT2D eigenvalue weighted by atomic mass is 9.87. The zero-order valence-corrected chi connectivity index (χ0v) is 12.4. The van der Waals surface area contributed by atoms with Crippen LogP contribution in [-0.4, -0.2) is 43.5 Å². The van der Waals surface area contributed by atoms with Crippen molar-refractivity contribution in [1.29, 1.82) is 0 Å². The molecule has 0 rings (SSSR count). The highest BCUT2D eigenvalue weighted by Crippen LogP contribution is 2.17. The number of nitrogens with two attached hydrogens (primary N) is 1. The summed E-state index contributed by atoms with van der Waals surface area (Å²) < 4.78 is 0. The van der Waals surface area contributed by atoms with Gasteiger partial charge in [0.2, 0.25) is 5.91 Å². The van der Waals surface area contributed by atoms with Crippen molar-refractivity contribution < 1.29 is 4.79 Å². The summed E-state index contributed by atoms with van der Waals surface area (Å²) in [6.45, 7) is 10.9. The van der Waals surface area contributed by atoms with Gasteiger partial charge in [-0.25, -0.2) is 0 Å². The third-order valence-corrected chi connectivity index (χ3v) is 3.13. The van der Waals surface area contributed by atoms with Crippen LogP contribution in [0.2, 0.25) is 0 Å². The van der Waals surface area contributed by atoms with Crippen LogP contribution in [0.4, 0.5) is 0 Å². The number of amides is 1. The van der Waals surface area contributed by atoms with Crippen LogP contribution < -0.4 is 11.1 Å². The fraction of sp³-hybridized carbons (Fsp3) is 0.923. The number of carbonyl (C=O) groups excluding carboxylic acids is 1. The van der Waals surface area contributed by atoms with Crippen molar-refractivity contribution in [2.24, 2.45) is 17.1 Å². The normalized spacial score (nSPS) is 16.1. The van der Waals surface area contributed by atoms with E-state index in [0.29, 0.717) is 18.5 Å². The lowest BCUT2D eigenvalue weighted by Gasteiger charge is -2.30. The van der Waals surface area contributed by atoms with Gasteiger partial charge in [-0.3, -0.25) is 4.79 Å². The quantitative estimate of drug-likeness (QED) is 0.759. The monoisotopic (exact) mass is 243 g/mol. The first-order chi connectivity index (χ1) is 7.57. The molecule has 1 amide bonds. The van der Waals surface area contributed by atoms with E-state index < -0.39 is 6.04 Å². The smallest absolute Gasteiger partial charge is 0.237 e. The Bertz CT molecular complexity index is 236. The molecule has 0 spiro atoms. The molecule has 0 bridgehead atoms. The predicted octanol–water partition coefficient (Wildman–Crippen LogP) is 1.06. The topological polar surface area (TPSA) is 58.4 Å². The van der Waals surface area contributed by atoms with Crippen molar-refractivity contribution in [2.75, 3.05) is 20.6 Å². The molecule has 4 heteroatoms. The van der Waals surface area contributed by atoms with Gasteiger partial charge in [-0.2, -0.15) is 0 Å². The van der Waals surface area contributed by atoms with Crippen molar-refractivity contribution >= 4 is 5.91 Å².